The summed E-state index contributed by atoms with van der Waals surface area (Å²) in [6.07, 6.45) is 0.212. The predicted octanol–water partition coefficient (Wildman–Crippen LogP) is 4.84. The van der Waals surface area contributed by atoms with Crippen molar-refractivity contribution >= 4 is 33.5 Å². The molecule has 0 heterocycles. The summed E-state index contributed by atoms with van der Waals surface area (Å²) in [7, 11) is 1.35. The second-order valence-electron chi connectivity index (χ2n) is 4.32. The summed E-state index contributed by atoms with van der Waals surface area (Å²) in [5.74, 6) is 1.57. The summed E-state index contributed by atoms with van der Waals surface area (Å²) in [5, 5.41) is 0.521. The number of ether oxygens (including phenoxy) is 3. The average Bonchev–Trinajstić information content (AvgIpc) is 2.51. The zero-order valence-electron chi connectivity index (χ0n) is 11.8. The van der Waals surface area contributed by atoms with Crippen LogP contribution in [0.1, 0.15) is 6.42 Å². The molecule has 0 unspecified atom stereocenters. The van der Waals surface area contributed by atoms with Crippen molar-refractivity contribution in [1.29, 1.82) is 0 Å². The Morgan fingerprint density at radius 3 is 2.45 bits per heavy atom. The molecule has 4 nitrogen and oxygen atoms in total. The van der Waals surface area contributed by atoms with Crippen molar-refractivity contribution in [3.63, 3.8) is 0 Å². The largest absolute Gasteiger partial charge is 0.493 e. The van der Waals surface area contributed by atoms with E-state index in [0.29, 0.717) is 22.3 Å². The van der Waals surface area contributed by atoms with Crippen LogP contribution in [0.2, 0.25) is 5.02 Å². The number of rotatable bonds is 6. The van der Waals surface area contributed by atoms with Gasteiger partial charge in [0.05, 0.1) is 25.2 Å². The lowest BCUT2D eigenvalue weighted by atomic mass is 10.3. The minimum atomic E-state index is -0.301. The first-order valence-corrected chi connectivity index (χ1v) is 7.68. The van der Waals surface area contributed by atoms with E-state index in [-0.39, 0.29) is 19.0 Å². The van der Waals surface area contributed by atoms with Crippen LogP contribution in [0.4, 0.5) is 0 Å². The van der Waals surface area contributed by atoms with Gasteiger partial charge in [-0.25, -0.2) is 0 Å². The van der Waals surface area contributed by atoms with Gasteiger partial charge in [0.2, 0.25) is 0 Å². The van der Waals surface area contributed by atoms with E-state index < -0.39 is 0 Å². The number of carbonyl (C=O) groups excluding carboxylic acids is 1. The summed E-state index contributed by atoms with van der Waals surface area (Å²) in [6, 6.07) is 12.5. The summed E-state index contributed by atoms with van der Waals surface area (Å²) in [4.78, 5) is 11.0. The lowest BCUT2D eigenvalue weighted by Crippen LogP contribution is -2.07. The van der Waals surface area contributed by atoms with Gasteiger partial charge in [-0.3, -0.25) is 4.79 Å². The highest BCUT2D eigenvalue weighted by Gasteiger charge is 2.05. The Kier molecular flexibility index (Phi) is 6.10. The van der Waals surface area contributed by atoms with Gasteiger partial charge < -0.3 is 14.2 Å². The van der Waals surface area contributed by atoms with Crippen LogP contribution in [0, 0.1) is 0 Å². The molecule has 0 amide bonds. The molecule has 0 N–H and O–H groups in total. The summed E-state index contributed by atoms with van der Waals surface area (Å²) in [5.41, 5.74) is 0. The van der Waals surface area contributed by atoms with Crippen LogP contribution < -0.4 is 9.47 Å². The molecule has 6 heteroatoms. The Morgan fingerprint density at radius 2 is 1.82 bits per heavy atom. The lowest BCUT2D eigenvalue weighted by molar-refractivity contribution is -0.141. The molecule has 0 spiro atoms. The van der Waals surface area contributed by atoms with Crippen LogP contribution in [0.25, 0.3) is 0 Å². The molecule has 0 aliphatic rings. The molecule has 0 aliphatic carbocycles. The fraction of sp³-hybridized carbons (Fsp3) is 0.188. The van der Waals surface area contributed by atoms with Crippen molar-refractivity contribution in [2.45, 2.75) is 6.42 Å². The molecule has 116 valence electrons. The third-order valence-electron chi connectivity index (χ3n) is 2.75. The van der Waals surface area contributed by atoms with E-state index >= 15 is 0 Å². The minimum Gasteiger partial charge on any atom is -0.493 e. The topological polar surface area (TPSA) is 44.8 Å². The summed E-state index contributed by atoms with van der Waals surface area (Å²) < 4.78 is 16.6. The number of esters is 1. The van der Waals surface area contributed by atoms with Gasteiger partial charge in [-0.1, -0.05) is 27.5 Å². The van der Waals surface area contributed by atoms with Crippen molar-refractivity contribution in [3.8, 4) is 17.2 Å². The Bertz CT molecular complexity index is 643. The van der Waals surface area contributed by atoms with Gasteiger partial charge in [0, 0.05) is 4.47 Å². The van der Waals surface area contributed by atoms with Crippen LogP contribution >= 0.6 is 27.5 Å². The highest BCUT2D eigenvalue weighted by molar-refractivity contribution is 9.10. The SMILES string of the molecule is COC(=O)CCOc1ccc(Oc2ccc(Br)cc2Cl)cc1. The maximum absolute atomic E-state index is 11.0. The highest BCUT2D eigenvalue weighted by atomic mass is 79.9. The van der Waals surface area contributed by atoms with E-state index in [4.69, 9.17) is 21.1 Å². The van der Waals surface area contributed by atoms with Gasteiger partial charge in [-0.2, -0.15) is 0 Å². The van der Waals surface area contributed by atoms with Crippen LogP contribution in [0.15, 0.2) is 46.9 Å². The predicted molar refractivity (Wildman–Crippen MR) is 87.8 cm³/mol. The van der Waals surface area contributed by atoms with E-state index in [2.05, 4.69) is 20.7 Å². The van der Waals surface area contributed by atoms with E-state index in [9.17, 15) is 4.79 Å². The first-order valence-electron chi connectivity index (χ1n) is 6.51. The van der Waals surface area contributed by atoms with Gasteiger partial charge in [0.1, 0.15) is 17.2 Å². The zero-order chi connectivity index (χ0) is 15.9. The highest BCUT2D eigenvalue weighted by Crippen LogP contribution is 2.32. The van der Waals surface area contributed by atoms with Crippen molar-refractivity contribution in [2.24, 2.45) is 0 Å². The molecular weight excluding hydrogens is 372 g/mol. The maximum Gasteiger partial charge on any atom is 0.308 e. The molecule has 2 rings (SSSR count). The number of benzene rings is 2. The molecule has 2 aromatic rings. The second kappa shape index (κ2) is 8.06. The Morgan fingerprint density at radius 1 is 1.14 bits per heavy atom. The van der Waals surface area contributed by atoms with Crippen LogP contribution in [-0.2, 0) is 9.53 Å². The van der Waals surface area contributed by atoms with Gasteiger partial charge in [-0.15, -0.1) is 0 Å². The molecule has 0 atom stereocenters. The molecule has 0 aromatic heterocycles. The monoisotopic (exact) mass is 384 g/mol. The first-order chi connectivity index (χ1) is 10.6. The van der Waals surface area contributed by atoms with Crippen molar-refractivity contribution in [2.75, 3.05) is 13.7 Å². The summed E-state index contributed by atoms with van der Waals surface area (Å²) in [6.45, 7) is 0.269. The molecular formula is C16H14BrClO4. The molecule has 0 fully saturated rings. The smallest absolute Gasteiger partial charge is 0.308 e. The maximum atomic E-state index is 11.0. The van der Waals surface area contributed by atoms with E-state index in [0.717, 1.165) is 4.47 Å². The van der Waals surface area contributed by atoms with E-state index in [1.165, 1.54) is 7.11 Å². The average molecular weight is 386 g/mol. The third kappa shape index (κ3) is 4.93. The minimum absolute atomic E-state index is 0.212. The van der Waals surface area contributed by atoms with E-state index in [1.807, 2.05) is 6.07 Å². The normalized spacial score (nSPS) is 10.1. The molecule has 2 aromatic carbocycles. The number of methoxy groups -OCH3 is 1. The number of halogens is 2. The zero-order valence-corrected chi connectivity index (χ0v) is 14.2. The molecule has 22 heavy (non-hydrogen) atoms. The first kappa shape index (κ1) is 16.6. The number of hydrogen-bond donors (Lipinski definition) is 0. The lowest BCUT2D eigenvalue weighted by Gasteiger charge is -2.09. The molecule has 0 bridgehead atoms. The van der Waals surface area contributed by atoms with Crippen molar-refractivity contribution < 1.29 is 19.0 Å². The molecule has 0 radical (unpaired) electrons. The standard InChI is InChI=1S/C16H14BrClO4/c1-20-16(19)8-9-21-12-3-5-13(6-4-12)22-15-7-2-11(17)10-14(15)18/h2-7,10H,8-9H2,1H3. The van der Waals surface area contributed by atoms with Crippen LogP contribution in [0.5, 0.6) is 17.2 Å². The fourth-order valence-electron chi connectivity index (χ4n) is 1.64. The molecule has 0 saturated heterocycles. The van der Waals surface area contributed by atoms with Crippen LogP contribution in [0.3, 0.4) is 0 Å². The van der Waals surface area contributed by atoms with Crippen molar-refractivity contribution in [1.82, 2.24) is 0 Å². The van der Waals surface area contributed by atoms with Gasteiger partial charge in [0.25, 0.3) is 0 Å². The van der Waals surface area contributed by atoms with Crippen LogP contribution in [-0.4, -0.2) is 19.7 Å². The fourth-order valence-corrected chi connectivity index (χ4v) is 2.36. The number of hydrogen-bond acceptors (Lipinski definition) is 4. The molecule has 0 saturated carbocycles. The Labute approximate surface area is 142 Å². The van der Waals surface area contributed by atoms with Gasteiger partial charge in [-0.05, 0) is 42.5 Å². The van der Waals surface area contributed by atoms with Crippen molar-refractivity contribution in [3.05, 3.63) is 52.0 Å². The Balaban J connectivity index is 1.92. The van der Waals surface area contributed by atoms with Gasteiger partial charge >= 0.3 is 5.97 Å². The second-order valence-corrected chi connectivity index (χ2v) is 5.65. The Hall–Kier alpha value is -1.72. The van der Waals surface area contributed by atoms with E-state index in [1.54, 1.807) is 36.4 Å². The molecule has 0 aliphatic heterocycles. The quantitative estimate of drug-likeness (QED) is 0.668. The third-order valence-corrected chi connectivity index (χ3v) is 3.54. The number of carbonyl (C=O) groups is 1. The van der Waals surface area contributed by atoms with Gasteiger partial charge in [0.15, 0.2) is 0 Å². The summed E-state index contributed by atoms with van der Waals surface area (Å²) >= 11 is 9.44.